The predicted molar refractivity (Wildman–Crippen MR) is 127 cm³/mol. The quantitative estimate of drug-likeness (QED) is 0.631. The molecular formula is C26H30FN3O5. The molecule has 2 aliphatic rings. The molecule has 0 aliphatic carbocycles. The molecule has 2 aromatic rings. The highest BCUT2D eigenvalue weighted by Gasteiger charge is 2.34. The molecule has 2 atom stereocenters. The molecule has 35 heavy (non-hydrogen) atoms. The van der Waals surface area contributed by atoms with Crippen LogP contribution in [0.15, 0.2) is 42.5 Å². The standard InChI is InChI=1S/C26H30FN3O5/c1-3-16(2)28-25(32)23(29-24(31)19-6-9-21-22(14-19)35-15-34-21)17-10-12-30(13-11-17)26(33)18-4-7-20(27)8-5-18/h4-9,14,16-17,23H,3,10-13,15H2,1-2H3,(H,28,32)(H,29,31)/t16-,23-/m1/s1. The minimum Gasteiger partial charge on any atom is -0.454 e. The largest absolute Gasteiger partial charge is 0.454 e. The zero-order chi connectivity index (χ0) is 24.9. The fourth-order valence-corrected chi connectivity index (χ4v) is 4.31. The van der Waals surface area contributed by atoms with Gasteiger partial charge in [-0.05, 0) is 74.6 Å². The summed E-state index contributed by atoms with van der Waals surface area (Å²) < 4.78 is 23.9. The van der Waals surface area contributed by atoms with Crippen LogP contribution in [-0.2, 0) is 4.79 Å². The second kappa shape index (κ2) is 10.8. The van der Waals surface area contributed by atoms with E-state index in [1.165, 1.54) is 24.3 Å². The second-order valence-corrected chi connectivity index (χ2v) is 8.97. The molecule has 4 rings (SSSR count). The van der Waals surface area contributed by atoms with Crippen molar-refractivity contribution < 1.29 is 28.2 Å². The van der Waals surface area contributed by atoms with Crippen LogP contribution in [0.3, 0.4) is 0 Å². The van der Waals surface area contributed by atoms with Crippen LogP contribution < -0.4 is 20.1 Å². The monoisotopic (exact) mass is 483 g/mol. The van der Waals surface area contributed by atoms with Gasteiger partial charge in [-0.3, -0.25) is 14.4 Å². The van der Waals surface area contributed by atoms with Crippen molar-refractivity contribution in [2.75, 3.05) is 19.9 Å². The molecule has 0 aromatic heterocycles. The van der Waals surface area contributed by atoms with Crippen molar-refractivity contribution in [2.45, 2.75) is 45.2 Å². The molecule has 0 spiro atoms. The number of fused-ring (bicyclic) bond motifs is 1. The first-order chi connectivity index (χ1) is 16.9. The van der Waals surface area contributed by atoms with E-state index in [9.17, 15) is 18.8 Å². The Hall–Kier alpha value is -3.62. The lowest BCUT2D eigenvalue weighted by Gasteiger charge is -2.36. The molecule has 2 aliphatic heterocycles. The highest BCUT2D eigenvalue weighted by atomic mass is 19.1. The summed E-state index contributed by atoms with van der Waals surface area (Å²) >= 11 is 0. The number of carbonyl (C=O) groups is 3. The summed E-state index contributed by atoms with van der Waals surface area (Å²) in [6, 6.07) is 9.60. The molecule has 1 fully saturated rings. The lowest BCUT2D eigenvalue weighted by molar-refractivity contribution is -0.125. The summed E-state index contributed by atoms with van der Waals surface area (Å²) in [5.74, 6) is -0.262. The first kappa shape index (κ1) is 24.5. The van der Waals surface area contributed by atoms with Crippen molar-refractivity contribution in [3.63, 3.8) is 0 Å². The zero-order valence-corrected chi connectivity index (χ0v) is 19.9. The van der Waals surface area contributed by atoms with Crippen molar-refractivity contribution in [1.82, 2.24) is 15.5 Å². The fourth-order valence-electron chi connectivity index (χ4n) is 4.31. The number of halogens is 1. The molecule has 186 valence electrons. The smallest absolute Gasteiger partial charge is 0.253 e. The van der Waals surface area contributed by atoms with E-state index in [1.54, 1.807) is 23.1 Å². The summed E-state index contributed by atoms with van der Waals surface area (Å²) in [5.41, 5.74) is 0.798. The van der Waals surface area contributed by atoms with Crippen molar-refractivity contribution in [3.05, 3.63) is 59.4 Å². The zero-order valence-electron chi connectivity index (χ0n) is 19.9. The van der Waals surface area contributed by atoms with Crippen LogP contribution in [0.25, 0.3) is 0 Å². The average Bonchev–Trinajstić information content (AvgIpc) is 3.35. The highest BCUT2D eigenvalue weighted by Crippen LogP contribution is 2.32. The van der Waals surface area contributed by atoms with E-state index < -0.39 is 11.9 Å². The van der Waals surface area contributed by atoms with Crippen LogP contribution in [0.2, 0.25) is 0 Å². The van der Waals surface area contributed by atoms with Gasteiger partial charge in [-0.2, -0.15) is 0 Å². The third-order valence-electron chi connectivity index (χ3n) is 6.59. The third-order valence-corrected chi connectivity index (χ3v) is 6.59. The van der Waals surface area contributed by atoms with E-state index in [0.29, 0.717) is 48.6 Å². The topological polar surface area (TPSA) is 97.0 Å². The summed E-state index contributed by atoms with van der Waals surface area (Å²) in [7, 11) is 0. The van der Waals surface area contributed by atoms with Crippen molar-refractivity contribution >= 4 is 17.7 Å². The van der Waals surface area contributed by atoms with Gasteiger partial charge in [0.25, 0.3) is 11.8 Å². The van der Waals surface area contributed by atoms with Gasteiger partial charge >= 0.3 is 0 Å². The van der Waals surface area contributed by atoms with E-state index in [0.717, 1.165) is 6.42 Å². The highest BCUT2D eigenvalue weighted by molar-refractivity contribution is 5.98. The Labute approximate surface area is 203 Å². The van der Waals surface area contributed by atoms with Gasteiger partial charge in [0.05, 0.1) is 0 Å². The molecule has 0 bridgehead atoms. The van der Waals surface area contributed by atoms with Gasteiger partial charge in [0.15, 0.2) is 11.5 Å². The van der Waals surface area contributed by atoms with Gasteiger partial charge < -0.3 is 25.0 Å². The maximum atomic E-state index is 13.2. The summed E-state index contributed by atoms with van der Waals surface area (Å²) in [6.45, 7) is 4.88. The molecule has 1 saturated heterocycles. The molecule has 2 N–H and O–H groups in total. The lowest BCUT2D eigenvalue weighted by atomic mass is 9.88. The predicted octanol–water partition coefficient (Wildman–Crippen LogP) is 3.12. The van der Waals surface area contributed by atoms with Crippen LogP contribution >= 0.6 is 0 Å². The molecule has 0 saturated carbocycles. The maximum absolute atomic E-state index is 13.2. The Kier molecular flexibility index (Phi) is 7.53. The average molecular weight is 484 g/mol. The lowest BCUT2D eigenvalue weighted by Crippen LogP contribution is -2.55. The molecule has 0 unspecified atom stereocenters. The molecule has 9 heteroatoms. The number of likely N-dealkylation sites (tertiary alicyclic amines) is 1. The number of rotatable bonds is 7. The van der Waals surface area contributed by atoms with Gasteiger partial charge in [0.2, 0.25) is 12.7 Å². The van der Waals surface area contributed by atoms with E-state index in [4.69, 9.17) is 9.47 Å². The number of amides is 3. The molecular weight excluding hydrogens is 453 g/mol. The number of nitrogens with zero attached hydrogens (tertiary/aromatic N) is 1. The van der Waals surface area contributed by atoms with E-state index in [1.807, 2.05) is 13.8 Å². The number of ether oxygens (including phenoxy) is 2. The fraction of sp³-hybridized carbons (Fsp3) is 0.423. The summed E-state index contributed by atoms with van der Waals surface area (Å²) in [6.07, 6.45) is 1.86. The first-order valence-electron chi connectivity index (χ1n) is 11.9. The number of nitrogens with one attached hydrogen (secondary N) is 2. The number of carbonyl (C=O) groups excluding carboxylic acids is 3. The molecule has 0 radical (unpaired) electrons. The number of hydrogen-bond acceptors (Lipinski definition) is 5. The van der Waals surface area contributed by atoms with Crippen LogP contribution in [0.5, 0.6) is 11.5 Å². The summed E-state index contributed by atoms with van der Waals surface area (Å²) in [5, 5.41) is 5.89. The van der Waals surface area contributed by atoms with Crippen molar-refractivity contribution in [3.8, 4) is 11.5 Å². The Bertz CT molecular complexity index is 1080. The van der Waals surface area contributed by atoms with Crippen molar-refractivity contribution in [1.29, 1.82) is 0 Å². The van der Waals surface area contributed by atoms with Crippen LogP contribution in [-0.4, -0.2) is 54.6 Å². The first-order valence-corrected chi connectivity index (χ1v) is 11.9. The van der Waals surface area contributed by atoms with Gasteiger partial charge in [0.1, 0.15) is 11.9 Å². The molecule has 3 amide bonds. The van der Waals surface area contributed by atoms with Crippen molar-refractivity contribution in [2.24, 2.45) is 5.92 Å². The Balaban J connectivity index is 1.44. The van der Waals surface area contributed by atoms with E-state index >= 15 is 0 Å². The van der Waals surface area contributed by atoms with Gasteiger partial charge in [-0.1, -0.05) is 6.92 Å². The minimum absolute atomic E-state index is 0.0346. The second-order valence-electron chi connectivity index (χ2n) is 8.97. The molecule has 2 aromatic carbocycles. The number of hydrogen-bond donors (Lipinski definition) is 2. The van der Waals surface area contributed by atoms with Crippen LogP contribution in [0, 0.1) is 11.7 Å². The Morgan fingerprint density at radius 3 is 2.34 bits per heavy atom. The minimum atomic E-state index is -0.745. The normalized spacial score (nSPS) is 16.9. The third kappa shape index (κ3) is 5.72. The number of benzene rings is 2. The molecule has 8 nitrogen and oxygen atoms in total. The Morgan fingerprint density at radius 1 is 1.00 bits per heavy atom. The molecule has 2 heterocycles. The summed E-state index contributed by atoms with van der Waals surface area (Å²) in [4.78, 5) is 40.7. The van der Waals surface area contributed by atoms with E-state index in [2.05, 4.69) is 10.6 Å². The number of piperidine rings is 1. The SMILES string of the molecule is CC[C@@H](C)NC(=O)[C@H](NC(=O)c1ccc2c(c1)OCO2)C1CCN(C(=O)c2ccc(F)cc2)CC1. The van der Waals surface area contributed by atoms with Gasteiger partial charge in [-0.15, -0.1) is 0 Å². The Morgan fingerprint density at radius 2 is 1.66 bits per heavy atom. The maximum Gasteiger partial charge on any atom is 0.253 e. The van der Waals surface area contributed by atoms with Gasteiger partial charge in [0, 0.05) is 30.3 Å². The van der Waals surface area contributed by atoms with E-state index in [-0.39, 0.29) is 36.5 Å². The van der Waals surface area contributed by atoms with Gasteiger partial charge in [-0.25, -0.2) is 4.39 Å². The van der Waals surface area contributed by atoms with Crippen LogP contribution in [0.4, 0.5) is 4.39 Å². The van der Waals surface area contributed by atoms with Crippen LogP contribution in [0.1, 0.15) is 53.8 Å².